The van der Waals surface area contributed by atoms with Crippen molar-refractivity contribution < 1.29 is 0 Å². The van der Waals surface area contributed by atoms with E-state index in [9.17, 15) is 0 Å². The molecule has 1 aliphatic heterocycles. The number of halogens is 2. The van der Waals surface area contributed by atoms with Gasteiger partial charge in [0.1, 0.15) is 0 Å². The molecule has 0 bridgehead atoms. The first-order valence-corrected chi connectivity index (χ1v) is 8.20. The topological polar surface area (TPSA) is 28.2 Å². The first kappa shape index (κ1) is 15.0. The highest BCUT2D eigenvalue weighted by Crippen LogP contribution is 2.29. The molecule has 1 unspecified atom stereocenters. The van der Waals surface area contributed by atoms with Gasteiger partial charge in [-0.2, -0.15) is 0 Å². The summed E-state index contributed by atoms with van der Waals surface area (Å²) >= 11 is 9.86. The van der Waals surface area contributed by atoms with Crippen LogP contribution < -0.4 is 5.32 Å². The molecule has 0 amide bonds. The summed E-state index contributed by atoms with van der Waals surface area (Å²) in [5.74, 6) is 0. The van der Waals surface area contributed by atoms with E-state index < -0.39 is 0 Å². The third-order valence-electron chi connectivity index (χ3n) is 3.77. The summed E-state index contributed by atoms with van der Waals surface area (Å²) < 4.78 is 1.02. The molecule has 0 radical (unpaired) electrons. The number of nitrogens with one attached hydrogen (secondary N) is 1. The number of pyridine rings is 1. The van der Waals surface area contributed by atoms with Gasteiger partial charge in [-0.15, -0.1) is 0 Å². The number of aromatic nitrogens is 1. The van der Waals surface area contributed by atoms with Crippen molar-refractivity contribution in [1.29, 1.82) is 0 Å². The number of nitrogens with zero attached hydrogens (tertiary/aromatic N) is 2. The molecule has 3 rings (SSSR count). The monoisotopic (exact) mass is 365 g/mol. The molecule has 2 aromatic rings. The number of benzene rings is 1. The van der Waals surface area contributed by atoms with Crippen LogP contribution in [0.1, 0.15) is 17.2 Å². The molecular weight excluding hydrogens is 350 g/mol. The van der Waals surface area contributed by atoms with Crippen molar-refractivity contribution in [3.63, 3.8) is 0 Å². The van der Waals surface area contributed by atoms with Crippen LogP contribution in [0.25, 0.3) is 0 Å². The number of hydrogen-bond acceptors (Lipinski definition) is 3. The third-order valence-corrected chi connectivity index (χ3v) is 4.54. The van der Waals surface area contributed by atoms with Crippen LogP contribution in [0.5, 0.6) is 0 Å². The molecule has 1 aliphatic rings. The summed E-state index contributed by atoms with van der Waals surface area (Å²) in [5, 5.41) is 4.30. The normalized spacial score (nSPS) is 19.6. The van der Waals surface area contributed by atoms with Crippen LogP contribution in [0, 0.1) is 0 Å². The van der Waals surface area contributed by atoms with E-state index in [4.69, 9.17) is 11.6 Å². The summed E-state index contributed by atoms with van der Waals surface area (Å²) in [6.07, 6.45) is 3.74. The smallest absolute Gasteiger partial charge is 0.0491 e. The second-order valence-electron chi connectivity index (χ2n) is 5.22. The maximum atomic E-state index is 6.38. The van der Waals surface area contributed by atoms with Crippen LogP contribution in [0.15, 0.2) is 47.2 Å². The van der Waals surface area contributed by atoms with Gasteiger partial charge in [0.2, 0.25) is 0 Å². The van der Waals surface area contributed by atoms with Crippen molar-refractivity contribution in [3.8, 4) is 0 Å². The summed E-state index contributed by atoms with van der Waals surface area (Å²) in [6.45, 7) is 3.81. The van der Waals surface area contributed by atoms with Crippen LogP contribution in [0.4, 0.5) is 0 Å². The van der Waals surface area contributed by atoms with Crippen LogP contribution in [-0.4, -0.2) is 29.5 Å². The van der Waals surface area contributed by atoms with Gasteiger partial charge >= 0.3 is 0 Å². The Kier molecular flexibility index (Phi) is 4.91. The van der Waals surface area contributed by atoms with E-state index in [1.807, 2.05) is 24.5 Å². The molecule has 1 N–H and O–H groups in total. The van der Waals surface area contributed by atoms with E-state index in [0.29, 0.717) is 6.04 Å². The fraction of sp³-hybridized carbons (Fsp3) is 0.312. The van der Waals surface area contributed by atoms with Crippen molar-refractivity contribution in [2.75, 3.05) is 19.6 Å². The predicted octanol–water partition coefficient (Wildman–Crippen LogP) is 3.64. The second kappa shape index (κ2) is 6.88. The van der Waals surface area contributed by atoms with Crippen LogP contribution in [-0.2, 0) is 6.54 Å². The highest BCUT2D eigenvalue weighted by atomic mass is 79.9. The van der Waals surface area contributed by atoms with Crippen LogP contribution in [0.2, 0.25) is 5.02 Å². The van der Waals surface area contributed by atoms with E-state index in [0.717, 1.165) is 35.7 Å². The van der Waals surface area contributed by atoms with Crippen molar-refractivity contribution in [2.24, 2.45) is 0 Å². The van der Waals surface area contributed by atoms with Crippen LogP contribution >= 0.6 is 27.5 Å². The van der Waals surface area contributed by atoms with Gasteiger partial charge in [-0.05, 0) is 39.2 Å². The fourth-order valence-corrected chi connectivity index (χ4v) is 3.44. The minimum absolute atomic E-state index is 0.298. The zero-order valence-corrected chi connectivity index (χ0v) is 13.9. The molecule has 110 valence electrons. The molecule has 0 spiro atoms. The van der Waals surface area contributed by atoms with E-state index in [2.05, 4.69) is 49.3 Å². The lowest BCUT2D eigenvalue weighted by Crippen LogP contribution is -2.45. The molecule has 1 atom stereocenters. The highest BCUT2D eigenvalue weighted by Gasteiger charge is 2.25. The standard InChI is InChI=1S/C16H17BrClN3/c17-13-7-12(8-20-9-13)11-21-6-5-19-10-16(21)14-3-1-2-4-15(14)18/h1-4,7-9,16,19H,5-6,10-11H2. The van der Waals surface area contributed by atoms with E-state index in [1.54, 1.807) is 0 Å². The first-order chi connectivity index (χ1) is 10.2. The highest BCUT2D eigenvalue weighted by molar-refractivity contribution is 9.10. The third kappa shape index (κ3) is 3.64. The van der Waals surface area contributed by atoms with E-state index >= 15 is 0 Å². The number of piperazine rings is 1. The second-order valence-corrected chi connectivity index (χ2v) is 6.55. The first-order valence-electron chi connectivity index (χ1n) is 7.02. The minimum Gasteiger partial charge on any atom is -0.314 e. The van der Waals surface area contributed by atoms with Gasteiger partial charge in [0, 0.05) is 54.1 Å². The van der Waals surface area contributed by atoms with Gasteiger partial charge in [0.05, 0.1) is 0 Å². The van der Waals surface area contributed by atoms with Crippen molar-refractivity contribution >= 4 is 27.5 Å². The molecule has 5 heteroatoms. The lowest BCUT2D eigenvalue weighted by molar-refractivity contribution is 0.153. The molecule has 0 saturated carbocycles. The zero-order chi connectivity index (χ0) is 14.7. The molecule has 1 aromatic carbocycles. The summed E-state index contributed by atoms with van der Waals surface area (Å²) in [7, 11) is 0. The Bertz CT molecular complexity index is 620. The van der Waals surface area contributed by atoms with Gasteiger partial charge in [-0.25, -0.2) is 0 Å². The summed E-state index contributed by atoms with van der Waals surface area (Å²) in [5.41, 5.74) is 2.40. The molecule has 1 fully saturated rings. The Balaban J connectivity index is 1.83. The van der Waals surface area contributed by atoms with Crippen molar-refractivity contribution in [3.05, 3.63) is 63.3 Å². The molecule has 2 heterocycles. The van der Waals surface area contributed by atoms with Gasteiger partial charge < -0.3 is 5.32 Å². The molecule has 3 nitrogen and oxygen atoms in total. The Morgan fingerprint density at radius 1 is 1.33 bits per heavy atom. The SMILES string of the molecule is Clc1ccccc1C1CNCCN1Cc1cncc(Br)c1. The lowest BCUT2D eigenvalue weighted by atomic mass is 10.0. The lowest BCUT2D eigenvalue weighted by Gasteiger charge is -2.37. The Labute approximate surface area is 138 Å². The minimum atomic E-state index is 0.298. The van der Waals surface area contributed by atoms with E-state index in [1.165, 1.54) is 11.1 Å². The Morgan fingerprint density at radius 2 is 2.19 bits per heavy atom. The average Bonchev–Trinajstić information content (AvgIpc) is 2.49. The Morgan fingerprint density at radius 3 is 3.00 bits per heavy atom. The van der Waals surface area contributed by atoms with Crippen LogP contribution in [0.3, 0.4) is 0 Å². The number of hydrogen-bond donors (Lipinski definition) is 1. The maximum Gasteiger partial charge on any atom is 0.0491 e. The quantitative estimate of drug-likeness (QED) is 0.899. The largest absolute Gasteiger partial charge is 0.314 e. The average molecular weight is 367 g/mol. The van der Waals surface area contributed by atoms with Gasteiger partial charge in [0.15, 0.2) is 0 Å². The molecule has 0 aliphatic carbocycles. The Hall–Kier alpha value is -0.940. The molecular formula is C16H17BrClN3. The van der Waals surface area contributed by atoms with E-state index in [-0.39, 0.29) is 0 Å². The molecule has 1 saturated heterocycles. The summed E-state index contributed by atoms with van der Waals surface area (Å²) in [6, 6.07) is 10.5. The van der Waals surface area contributed by atoms with Crippen molar-refractivity contribution in [1.82, 2.24) is 15.2 Å². The van der Waals surface area contributed by atoms with Crippen molar-refractivity contribution in [2.45, 2.75) is 12.6 Å². The zero-order valence-electron chi connectivity index (χ0n) is 11.6. The molecule has 21 heavy (non-hydrogen) atoms. The van der Waals surface area contributed by atoms with Gasteiger partial charge in [0.25, 0.3) is 0 Å². The van der Waals surface area contributed by atoms with Gasteiger partial charge in [-0.3, -0.25) is 9.88 Å². The maximum absolute atomic E-state index is 6.38. The number of rotatable bonds is 3. The predicted molar refractivity (Wildman–Crippen MR) is 89.4 cm³/mol. The van der Waals surface area contributed by atoms with Gasteiger partial charge in [-0.1, -0.05) is 29.8 Å². The summed E-state index contributed by atoms with van der Waals surface area (Å²) in [4.78, 5) is 6.71. The molecule has 1 aromatic heterocycles. The fourth-order valence-electron chi connectivity index (χ4n) is 2.76.